The van der Waals surface area contributed by atoms with Gasteiger partial charge < -0.3 is 15.0 Å². The molecule has 0 amide bonds. The smallest absolute Gasteiger partial charge is 0.173 e. The maximum Gasteiger partial charge on any atom is 0.173 e. The van der Waals surface area contributed by atoms with Gasteiger partial charge in [0, 0.05) is 24.9 Å². The number of para-hydroxylation sites is 1. The molecular formula is C15H20N2OS. The van der Waals surface area contributed by atoms with E-state index in [0.29, 0.717) is 12.1 Å². The minimum atomic E-state index is 0.325. The van der Waals surface area contributed by atoms with Crippen molar-refractivity contribution < 1.29 is 4.74 Å². The van der Waals surface area contributed by atoms with Crippen LogP contribution in [-0.2, 0) is 11.2 Å². The van der Waals surface area contributed by atoms with Gasteiger partial charge in [-0.3, -0.25) is 0 Å². The zero-order valence-electron chi connectivity index (χ0n) is 11.3. The molecule has 19 heavy (non-hydrogen) atoms. The summed E-state index contributed by atoms with van der Waals surface area (Å²) in [6.07, 6.45) is 3.70. The predicted molar refractivity (Wildman–Crippen MR) is 81.7 cm³/mol. The Morgan fingerprint density at radius 1 is 1.47 bits per heavy atom. The van der Waals surface area contributed by atoms with E-state index in [2.05, 4.69) is 41.4 Å². The summed E-state index contributed by atoms with van der Waals surface area (Å²) in [5.41, 5.74) is 2.64. The fraction of sp³-hybridized carbons (Fsp3) is 0.533. The lowest BCUT2D eigenvalue weighted by Gasteiger charge is -2.26. The van der Waals surface area contributed by atoms with Gasteiger partial charge in [0.2, 0.25) is 0 Å². The molecule has 3 rings (SSSR count). The number of anilines is 1. The van der Waals surface area contributed by atoms with Gasteiger partial charge in [0.25, 0.3) is 0 Å². The molecule has 1 fully saturated rings. The molecule has 2 aliphatic heterocycles. The Kier molecular flexibility index (Phi) is 3.71. The van der Waals surface area contributed by atoms with Gasteiger partial charge >= 0.3 is 0 Å². The molecule has 102 valence electrons. The molecule has 1 saturated heterocycles. The average Bonchev–Trinajstić information content (AvgIpc) is 3.02. The normalized spacial score (nSPS) is 25.4. The van der Waals surface area contributed by atoms with Crippen molar-refractivity contribution in [3.8, 4) is 0 Å². The molecule has 1 N–H and O–H groups in total. The van der Waals surface area contributed by atoms with E-state index >= 15 is 0 Å². The summed E-state index contributed by atoms with van der Waals surface area (Å²) in [7, 11) is 0. The highest BCUT2D eigenvalue weighted by atomic mass is 32.1. The molecular weight excluding hydrogens is 256 g/mol. The van der Waals surface area contributed by atoms with Gasteiger partial charge in [0.05, 0.1) is 6.10 Å². The lowest BCUT2D eigenvalue weighted by Crippen LogP contribution is -2.45. The van der Waals surface area contributed by atoms with Crippen LogP contribution >= 0.6 is 12.2 Å². The third-order valence-corrected chi connectivity index (χ3v) is 4.27. The fourth-order valence-electron chi connectivity index (χ4n) is 2.97. The number of ether oxygens (including phenoxy) is 1. The van der Waals surface area contributed by atoms with E-state index in [1.807, 2.05) is 0 Å². The molecule has 1 aromatic rings. The van der Waals surface area contributed by atoms with E-state index in [-0.39, 0.29) is 0 Å². The van der Waals surface area contributed by atoms with Gasteiger partial charge in [-0.15, -0.1) is 0 Å². The second-order valence-corrected chi connectivity index (χ2v) is 5.76. The number of rotatable bonds is 2. The van der Waals surface area contributed by atoms with Gasteiger partial charge in [-0.1, -0.05) is 18.2 Å². The monoisotopic (exact) mass is 276 g/mol. The summed E-state index contributed by atoms with van der Waals surface area (Å²) >= 11 is 5.56. The van der Waals surface area contributed by atoms with Crippen molar-refractivity contribution in [3.63, 3.8) is 0 Å². The number of nitrogens with zero attached hydrogens (tertiary/aromatic N) is 1. The largest absolute Gasteiger partial charge is 0.376 e. The van der Waals surface area contributed by atoms with Crippen LogP contribution in [0.3, 0.4) is 0 Å². The number of thiocarbonyl (C=S) groups is 1. The highest BCUT2D eigenvalue weighted by molar-refractivity contribution is 7.80. The minimum absolute atomic E-state index is 0.325. The molecule has 0 unspecified atom stereocenters. The SMILES string of the molecule is C[C@H]1Cc2ccccc2N1C(=S)NC[C@H]1CCCO1. The average molecular weight is 276 g/mol. The van der Waals surface area contributed by atoms with E-state index in [1.54, 1.807) is 0 Å². The lowest BCUT2D eigenvalue weighted by molar-refractivity contribution is 0.114. The van der Waals surface area contributed by atoms with Gasteiger partial charge in [0.1, 0.15) is 0 Å². The molecule has 2 heterocycles. The Morgan fingerprint density at radius 3 is 3.11 bits per heavy atom. The summed E-state index contributed by atoms with van der Waals surface area (Å²) in [4.78, 5) is 2.24. The highest BCUT2D eigenvalue weighted by Crippen LogP contribution is 2.31. The van der Waals surface area contributed by atoms with Crippen molar-refractivity contribution in [2.24, 2.45) is 0 Å². The number of fused-ring (bicyclic) bond motifs is 1. The van der Waals surface area contributed by atoms with Crippen LogP contribution in [0.15, 0.2) is 24.3 Å². The van der Waals surface area contributed by atoms with Crippen molar-refractivity contribution in [2.45, 2.75) is 38.3 Å². The summed E-state index contributed by atoms with van der Waals surface area (Å²) in [5.74, 6) is 0. The molecule has 0 spiro atoms. The van der Waals surface area contributed by atoms with Crippen LogP contribution in [0.5, 0.6) is 0 Å². The van der Waals surface area contributed by atoms with Crippen LogP contribution in [0.2, 0.25) is 0 Å². The van der Waals surface area contributed by atoms with Crippen LogP contribution in [-0.4, -0.2) is 30.4 Å². The van der Waals surface area contributed by atoms with E-state index in [9.17, 15) is 0 Å². The molecule has 2 atom stereocenters. The van der Waals surface area contributed by atoms with Crippen LogP contribution in [0.4, 0.5) is 5.69 Å². The second-order valence-electron chi connectivity index (χ2n) is 5.37. The Hall–Kier alpha value is -1.13. The van der Waals surface area contributed by atoms with E-state index < -0.39 is 0 Å². The first kappa shape index (κ1) is 12.9. The molecule has 0 aliphatic carbocycles. The predicted octanol–water partition coefficient (Wildman–Crippen LogP) is 2.49. The quantitative estimate of drug-likeness (QED) is 0.839. The number of hydrogen-bond donors (Lipinski definition) is 1. The zero-order chi connectivity index (χ0) is 13.2. The minimum Gasteiger partial charge on any atom is -0.376 e. The second kappa shape index (κ2) is 5.47. The molecule has 1 aromatic carbocycles. The van der Waals surface area contributed by atoms with E-state index in [4.69, 9.17) is 17.0 Å². The third-order valence-electron chi connectivity index (χ3n) is 3.93. The first-order valence-corrected chi connectivity index (χ1v) is 7.43. The maximum absolute atomic E-state index is 5.62. The van der Waals surface area contributed by atoms with E-state index in [0.717, 1.165) is 31.1 Å². The fourth-order valence-corrected chi connectivity index (χ4v) is 3.33. The van der Waals surface area contributed by atoms with E-state index in [1.165, 1.54) is 17.7 Å². The Morgan fingerprint density at radius 2 is 2.32 bits per heavy atom. The van der Waals surface area contributed by atoms with Crippen molar-refractivity contribution >= 4 is 23.0 Å². The topological polar surface area (TPSA) is 24.5 Å². The molecule has 0 radical (unpaired) electrons. The summed E-state index contributed by atoms with van der Waals surface area (Å²) in [6.45, 7) is 3.94. The lowest BCUT2D eigenvalue weighted by atomic mass is 10.1. The number of nitrogens with one attached hydrogen (secondary N) is 1. The van der Waals surface area contributed by atoms with Crippen molar-refractivity contribution in [3.05, 3.63) is 29.8 Å². The summed E-state index contributed by atoms with van der Waals surface area (Å²) in [5, 5.41) is 4.20. The maximum atomic E-state index is 5.62. The molecule has 0 bridgehead atoms. The molecule has 3 nitrogen and oxygen atoms in total. The molecule has 0 aromatic heterocycles. The molecule has 0 saturated carbocycles. The summed E-state index contributed by atoms with van der Waals surface area (Å²) < 4.78 is 5.62. The van der Waals surface area contributed by atoms with Crippen molar-refractivity contribution in [1.29, 1.82) is 0 Å². The van der Waals surface area contributed by atoms with Crippen LogP contribution in [0.1, 0.15) is 25.3 Å². The molecule has 2 aliphatic rings. The molecule has 4 heteroatoms. The highest BCUT2D eigenvalue weighted by Gasteiger charge is 2.28. The first-order valence-electron chi connectivity index (χ1n) is 7.02. The van der Waals surface area contributed by atoms with Crippen molar-refractivity contribution in [1.82, 2.24) is 5.32 Å². The van der Waals surface area contributed by atoms with Gasteiger partial charge in [-0.05, 0) is 50.0 Å². The number of hydrogen-bond acceptors (Lipinski definition) is 2. The third kappa shape index (κ3) is 2.60. The summed E-state index contributed by atoms with van der Waals surface area (Å²) in [6, 6.07) is 8.94. The van der Waals surface area contributed by atoms with Gasteiger partial charge in [0.15, 0.2) is 5.11 Å². The van der Waals surface area contributed by atoms with Crippen molar-refractivity contribution in [2.75, 3.05) is 18.1 Å². The Balaban J connectivity index is 1.66. The van der Waals surface area contributed by atoms with Gasteiger partial charge in [-0.25, -0.2) is 0 Å². The standard InChI is InChI=1S/C15H20N2OS/c1-11-9-12-5-2-3-7-14(12)17(11)15(19)16-10-13-6-4-8-18-13/h2-3,5,7,11,13H,4,6,8-10H2,1H3,(H,16,19)/t11-,13+/m0/s1. The Labute approximate surface area is 119 Å². The number of benzene rings is 1. The van der Waals surface area contributed by atoms with Crippen LogP contribution in [0, 0.1) is 0 Å². The van der Waals surface area contributed by atoms with Gasteiger partial charge in [-0.2, -0.15) is 0 Å². The van der Waals surface area contributed by atoms with Crippen LogP contribution < -0.4 is 10.2 Å². The Bertz CT molecular complexity index is 471. The zero-order valence-corrected chi connectivity index (χ0v) is 12.1. The first-order chi connectivity index (χ1) is 9.25. The van der Waals surface area contributed by atoms with Crippen LogP contribution in [0.25, 0.3) is 0 Å².